The van der Waals surface area contributed by atoms with E-state index in [4.69, 9.17) is 5.11 Å². The molecule has 0 aliphatic heterocycles. The smallest absolute Gasteiger partial charge is 0.341 e. The van der Waals surface area contributed by atoms with Crippen molar-refractivity contribution in [3.63, 3.8) is 0 Å². The average molecular weight is 327 g/mol. The van der Waals surface area contributed by atoms with Crippen LogP contribution in [0.4, 0.5) is 14.5 Å². The third-order valence-electron chi connectivity index (χ3n) is 2.44. The molecule has 23 heavy (non-hydrogen) atoms. The molecule has 2 rings (SSSR count). The summed E-state index contributed by atoms with van der Waals surface area (Å²) in [5.74, 6) is -3.21. The summed E-state index contributed by atoms with van der Waals surface area (Å²) >= 11 is 0. The molecule has 0 saturated carbocycles. The number of ether oxygens (including phenoxy) is 1. The molecule has 1 N–H and O–H groups in total. The summed E-state index contributed by atoms with van der Waals surface area (Å²) in [5, 5.41) is 19.1. The Morgan fingerprint density at radius 1 is 1.17 bits per heavy atom. The van der Waals surface area contributed by atoms with Gasteiger partial charge in [0.05, 0.1) is 12.0 Å². The van der Waals surface area contributed by atoms with Crippen LogP contribution >= 0.6 is 0 Å². The number of benzene rings is 2. The first-order chi connectivity index (χ1) is 10.4. The van der Waals surface area contributed by atoms with Crippen molar-refractivity contribution in [3.8, 4) is 5.75 Å². The fourth-order valence-electron chi connectivity index (χ4n) is 1.39. The lowest BCUT2D eigenvalue weighted by molar-refractivity contribution is -0.387. The molecule has 0 fully saturated rings. The van der Waals surface area contributed by atoms with E-state index in [1.54, 1.807) is 12.1 Å². The van der Waals surface area contributed by atoms with Gasteiger partial charge in [-0.2, -0.15) is 4.39 Å². The Hall–Kier alpha value is -3.03. The van der Waals surface area contributed by atoms with E-state index >= 15 is 0 Å². The van der Waals surface area contributed by atoms with Crippen molar-refractivity contribution in [2.75, 3.05) is 7.11 Å². The molecular weight excluding hydrogens is 312 g/mol. The fourth-order valence-corrected chi connectivity index (χ4v) is 1.39. The van der Waals surface area contributed by atoms with E-state index < -0.39 is 28.2 Å². The molecule has 0 unspecified atom stereocenters. The molecule has 2 aromatic carbocycles. The number of esters is 1. The number of halogens is 2. The number of carbonyl (C=O) groups excluding carboxylic acids is 1. The summed E-state index contributed by atoms with van der Waals surface area (Å²) in [5.41, 5.74) is -0.653. The molecule has 0 aliphatic rings. The number of carbonyl (C=O) groups is 1. The highest BCUT2D eigenvalue weighted by Crippen LogP contribution is 2.18. The number of phenolic OH excluding ortho intramolecular Hbond substituents is 1. The molecule has 0 radical (unpaired) electrons. The van der Waals surface area contributed by atoms with Crippen LogP contribution < -0.4 is 0 Å². The van der Waals surface area contributed by atoms with Crippen LogP contribution in [0.15, 0.2) is 42.5 Å². The molecular formula is C15H15F2NO5. The van der Waals surface area contributed by atoms with E-state index in [1.165, 1.54) is 19.2 Å². The van der Waals surface area contributed by atoms with Crippen molar-refractivity contribution in [2.45, 2.75) is 7.43 Å². The van der Waals surface area contributed by atoms with E-state index in [0.29, 0.717) is 0 Å². The van der Waals surface area contributed by atoms with Crippen LogP contribution in [0.5, 0.6) is 5.75 Å². The van der Waals surface area contributed by atoms with Crippen molar-refractivity contribution in [1.82, 2.24) is 0 Å². The van der Waals surface area contributed by atoms with E-state index in [2.05, 4.69) is 4.74 Å². The van der Waals surface area contributed by atoms with Gasteiger partial charge in [-0.1, -0.05) is 25.6 Å². The van der Waals surface area contributed by atoms with E-state index in [9.17, 15) is 23.7 Å². The van der Waals surface area contributed by atoms with Crippen LogP contribution in [0.1, 0.15) is 17.8 Å². The normalized spacial score (nSPS) is 9.00. The number of nitro benzene ring substituents is 1. The molecule has 0 heterocycles. The van der Waals surface area contributed by atoms with Crippen molar-refractivity contribution in [3.05, 3.63) is 69.8 Å². The van der Waals surface area contributed by atoms with Crippen molar-refractivity contribution in [1.29, 1.82) is 0 Å². The highest BCUT2D eigenvalue weighted by Gasteiger charge is 2.16. The van der Waals surface area contributed by atoms with Crippen LogP contribution in [0.25, 0.3) is 0 Å². The highest BCUT2D eigenvalue weighted by atomic mass is 19.2. The lowest BCUT2D eigenvalue weighted by Gasteiger charge is -1.99. The maximum absolute atomic E-state index is 12.4. The monoisotopic (exact) mass is 327 g/mol. The lowest BCUT2D eigenvalue weighted by Crippen LogP contribution is -2.00. The van der Waals surface area contributed by atoms with Gasteiger partial charge in [0, 0.05) is 6.07 Å². The molecule has 8 heteroatoms. The summed E-state index contributed by atoms with van der Waals surface area (Å²) in [6, 6.07) is 9.04. The molecule has 124 valence electrons. The number of para-hydroxylation sites is 1. The second-order valence-electron chi connectivity index (χ2n) is 3.84. The third-order valence-corrected chi connectivity index (χ3v) is 2.44. The number of nitrogens with zero attached hydrogens (tertiary/aromatic N) is 1. The summed E-state index contributed by atoms with van der Waals surface area (Å²) in [6.07, 6.45) is 0. The van der Waals surface area contributed by atoms with Gasteiger partial charge < -0.3 is 9.84 Å². The van der Waals surface area contributed by atoms with Gasteiger partial charge in [0.1, 0.15) is 11.3 Å². The van der Waals surface area contributed by atoms with Gasteiger partial charge in [0.15, 0.2) is 5.82 Å². The zero-order chi connectivity index (χ0) is 16.7. The average Bonchev–Trinajstić information content (AvgIpc) is 2.50. The van der Waals surface area contributed by atoms with Crippen molar-refractivity contribution >= 4 is 11.7 Å². The number of hydrogen-bond acceptors (Lipinski definition) is 5. The first-order valence-electron chi connectivity index (χ1n) is 5.83. The third kappa shape index (κ3) is 5.34. The summed E-state index contributed by atoms with van der Waals surface area (Å²) < 4.78 is 29.1. The Kier molecular flexibility index (Phi) is 7.89. The van der Waals surface area contributed by atoms with Gasteiger partial charge >= 0.3 is 11.7 Å². The maximum Gasteiger partial charge on any atom is 0.341 e. The number of hydrogen-bond donors (Lipinski definition) is 1. The number of rotatable bonds is 2. The highest BCUT2D eigenvalue weighted by molar-refractivity contribution is 5.92. The van der Waals surface area contributed by atoms with Gasteiger partial charge in [-0.05, 0) is 18.2 Å². The minimum Gasteiger partial charge on any atom is -0.507 e. The minimum absolute atomic E-state index is 0. The summed E-state index contributed by atoms with van der Waals surface area (Å²) in [7, 11) is 1.27. The standard InChI is InChI=1S/C8H8O3.C6H3F2NO2.CH4/c1-11-8(10)6-4-2-3-5-7(6)9;7-4-2-1-3-5(6(4)8)9(10)11;/h2-5,9H,1H3;1-3H;1H4. The minimum atomic E-state index is -1.42. The molecule has 0 atom stereocenters. The predicted molar refractivity (Wildman–Crippen MR) is 79.2 cm³/mol. The lowest BCUT2D eigenvalue weighted by atomic mass is 10.2. The number of phenols is 1. The van der Waals surface area contributed by atoms with Crippen LogP contribution in [-0.2, 0) is 4.74 Å². The first-order valence-corrected chi connectivity index (χ1v) is 5.83. The Morgan fingerprint density at radius 3 is 2.26 bits per heavy atom. The molecule has 0 aromatic heterocycles. The molecule has 2 aromatic rings. The Bertz CT molecular complexity index is 691. The second kappa shape index (κ2) is 9.08. The second-order valence-corrected chi connectivity index (χ2v) is 3.84. The largest absolute Gasteiger partial charge is 0.507 e. The Labute approximate surface area is 131 Å². The maximum atomic E-state index is 12.4. The number of aromatic hydroxyl groups is 1. The molecule has 0 spiro atoms. The summed E-state index contributed by atoms with van der Waals surface area (Å²) in [6.45, 7) is 0. The molecule has 0 saturated heterocycles. The van der Waals surface area contributed by atoms with Gasteiger partial charge in [-0.25, -0.2) is 9.18 Å². The Morgan fingerprint density at radius 2 is 1.78 bits per heavy atom. The van der Waals surface area contributed by atoms with Gasteiger partial charge in [0.25, 0.3) is 0 Å². The van der Waals surface area contributed by atoms with Crippen LogP contribution in [0, 0.1) is 21.7 Å². The van der Waals surface area contributed by atoms with E-state index in [0.717, 1.165) is 18.2 Å². The van der Waals surface area contributed by atoms with Gasteiger partial charge in [-0.15, -0.1) is 0 Å². The first kappa shape index (κ1) is 20.0. The zero-order valence-electron chi connectivity index (χ0n) is 11.3. The van der Waals surface area contributed by atoms with Crippen LogP contribution in [-0.4, -0.2) is 23.1 Å². The van der Waals surface area contributed by atoms with Crippen LogP contribution in [0.2, 0.25) is 0 Å². The van der Waals surface area contributed by atoms with Crippen molar-refractivity contribution in [2.24, 2.45) is 0 Å². The van der Waals surface area contributed by atoms with E-state index in [-0.39, 0.29) is 18.7 Å². The quantitative estimate of drug-likeness (QED) is 0.516. The topological polar surface area (TPSA) is 89.7 Å². The molecule has 0 amide bonds. The van der Waals surface area contributed by atoms with E-state index in [1.807, 2.05) is 0 Å². The molecule has 0 bridgehead atoms. The Balaban J connectivity index is 0.000000403. The number of methoxy groups -OCH3 is 1. The number of nitro groups is 1. The SMILES string of the molecule is C.COC(=O)c1ccccc1O.O=[N+]([O-])c1cccc(F)c1F. The zero-order valence-corrected chi connectivity index (χ0v) is 11.3. The fraction of sp³-hybridized carbons (Fsp3) is 0.133. The van der Waals surface area contributed by atoms with Crippen LogP contribution in [0.3, 0.4) is 0 Å². The van der Waals surface area contributed by atoms with Gasteiger partial charge in [-0.3, -0.25) is 10.1 Å². The van der Waals surface area contributed by atoms with Crippen molar-refractivity contribution < 1.29 is 28.3 Å². The predicted octanol–water partition coefficient (Wildman–Crippen LogP) is 3.69. The molecule has 0 aliphatic carbocycles. The van der Waals surface area contributed by atoms with Gasteiger partial charge in [0.2, 0.25) is 5.82 Å². The molecule has 6 nitrogen and oxygen atoms in total. The summed E-state index contributed by atoms with van der Waals surface area (Å²) in [4.78, 5) is 19.9.